The predicted molar refractivity (Wildman–Crippen MR) is 115 cm³/mol. The number of nitrogens with one attached hydrogen (secondary N) is 1. The van der Waals surface area contributed by atoms with Crippen molar-refractivity contribution in [3.8, 4) is 5.75 Å². The number of piperidine rings is 1. The number of aliphatic hydroxyl groups excluding tert-OH is 1. The van der Waals surface area contributed by atoms with Gasteiger partial charge in [-0.25, -0.2) is 0 Å². The first-order chi connectivity index (χ1) is 13.4. The van der Waals surface area contributed by atoms with Crippen LogP contribution in [0.15, 0.2) is 30.3 Å². The third-order valence-corrected chi connectivity index (χ3v) is 6.39. The number of benzene rings is 2. The summed E-state index contributed by atoms with van der Waals surface area (Å²) in [6.45, 7) is 11.0. The highest BCUT2D eigenvalue weighted by molar-refractivity contribution is 5.42. The Labute approximate surface area is 169 Å². The number of nitrogens with zero attached hydrogens (tertiary/aromatic N) is 1. The Balaban J connectivity index is 1.65. The molecule has 152 valence electrons. The minimum atomic E-state index is -0.638. The average molecular weight is 383 g/mol. The molecule has 3 N–H and O–H groups in total. The Bertz CT molecular complexity index is 818. The van der Waals surface area contributed by atoms with E-state index in [0.29, 0.717) is 11.8 Å². The number of aryl methyl sites for hydroxylation is 2. The highest BCUT2D eigenvalue weighted by Crippen LogP contribution is 2.26. The molecule has 0 aromatic heterocycles. The lowest BCUT2D eigenvalue weighted by molar-refractivity contribution is 0.0948. The summed E-state index contributed by atoms with van der Waals surface area (Å²) < 4.78 is 0. The van der Waals surface area contributed by atoms with Gasteiger partial charge in [0.25, 0.3) is 0 Å². The van der Waals surface area contributed by atoms with E-state index < -0.39 is 6.23 Å². The van der Waals surface area contributed by atoms with Gasteiger partial charge in [0.1, 0.15) is 12.0 Å². The van der Waals surface area contributed by atoms with Crippen molar-refractivity contribution in [3.05, 3.63) is 63.7 Å². The molecule has 2 aromatic carbocycles. The molecule has 1 saturated heterocycles. The van der Waals surface area contributed by atoms with Crippen molar-refractivity contribution in [2.24, 2.45) is 0 Å². The van der Waals surface area contributed by atoms with Crippen LogP contribution in [-0.2, 0) is 6.54 Å². The van der Waals surface area contributed by atoms with Crippen LogP contribution in [0.3, 0.4) is 0 Å². The van der Waals surface area contributed by atoms with Crippen molar-refractivity contribution < 1.29 is 10.2 Å². The summed E-state index contributed by atoms with van der Waals surface area (Å²) >= 11 is 0. The van der Waals surface area contributed by atoms with Crippen LogP contribution in [0.5, 0.6) is 5.75 Å². The molecule has 0 spiro atoms. The summed E-state index contributed by atoms with van der Waals surface area (Å²) in [7, 11) is 0. The zero-order chi connectivity index (χ0) is 20.3. The van der Waals surface area contributed by atoms with Gasteiger partial charge in [0.05, 0.1) is 0 Å². The SMILES string of the molecule is Cc1ccc(C(O)NCC2CCCCN2Cc2ccc(O)c(C)c2C)cc1C. The largest absolute Gasteiger partial charge is 0.508 e. The Morgan fingerprint density at radius 3 is 2.57 bits per heavy atom. The maximum Gasteiger partial charge on any atom is 0.131 e. The highest BCUT2D eigenvalue weighted by atomic mass is 16.3. The molecule has 0 radical (unpaired) electrons. The molecule has 1 fully saturated rings. The fraction of sp³-hybridized carbons (Fsp3) is 0.500. The van der Waals surface area contributed by atoms with Crippen molar-refractivity contribution in [1.29, 1.82) is 0 Å². The van der Waals surface area contributed by atoms with E-state index in [4.69, 9.17) is 0 Å². The quantitative estimate of drug-likeness (QED) is 0.654. The van der Waals surface area contributed by atoms with E-state index >= 15 is 0 Å². The molecular weight excluding hydrogens is 348 g/mol. The van der Waals surface area contributed by atoms with E-state index in [0.717, 1.165) is 37.2 Å². The molecule has 2 aromatic rings. The monoisotopic (exact) mass is 382 g/mol. The lowest BCUT2D eigenvalue weighted by Gasteiger charge is -2.37. The van der Waals surface area contributed by atoms with Gasteiger partial charge >= 0.3 is 0 Å². The third-order valence-electron chi connectivity index (χ3n) is 6.39. The molecule has 2 atom stereocenters. The van der Waals surface area contributed by atoms with Crippen LogP contribution in [0.25, 0.3) is 0 Å². The van der Waals surface area contributed by atoms with E-state index in [-0.39, 0.29) is 0 Å². The van der Waals surface area contributed by atoms with Crippen LogP contribution < -0.4 is 5.32 Å². The Hall–Kier alpha value is -1.88. The second kappa shape index (κ2) is 9.08. The second-order valence-corrected chi connectivity index (χ2v) is 8.27. The number of phenols is 1. The van der Waals surface area contributed by atoms with Gasteiger partial charge in [0.2, 0.25) is 0 Å². The topological polar surface area (TPSA) is 55.7 Å². The van der Waals surface area contributed by atoms with Crippen molar-refractivity contribution >= 4 is 0 Å². The van der Waals surface area contributed by atoms with Crippen molar-refractivity contribution in [2.75, 3.05) is 13.1 Å². The minimum absolute atomic E-state index is 0.370. The van der Waals surface area contributed by atoms with E-state index in [2.05, 4.69) is 43.1 Å². The van der Waals surface area contributed by atoms with Crippen LogP contribution in [0, 0.1) is 27.7 Å². The Kier molecular flexibility index (Phi) is 6.76. The number of rotatable bonds is 6. The molecule has 0 saturated carbocycles. The fourth-order valence-corrected chi connectivity index (χ4v) is 4.05. The van der Waals surface area contributed by atoms with Crippen LogP contribution in [0.2, 0.25) is 0 Å². The maximum absolute atomic E-state index is 10.6. The Morgan fingerprint density at radius 1 is 1.04 bits per heavy atom. The zero-order valence-electron chi connectivity index (χ0n) is 17.6. The standard InChI is InChI=1S/C24H34N2O2/c1-16-8-9-20(13-17(16)2)24(28)25-14-22-7-5-6-12-26(22)15-21-10-11-23(27)19(4)18(21)3/h8-11,13,22,24-25,27-28H,5-7,12,14-15H2,1-4H3. The molecule has 1 heterocycles. The smallest absolute Gasteiger partial charge is 0.131 e. The number of aliphatic hydroxyl groups is 1. The number of hydrogen-bond acceptors (Lipinski definition) is 4. The van der Waals surface area contributed by atoms with Crippen molar-refractivity contribution in [1.82, 2.24) is 10.2 Å². The first kappa shape index (κ1) is 20.8. The number of aromatic hydroxyl groups is 1. The number of likely N-dealkylation sites (tertiary alicyclic amines) is 1. The number of hydrogen-bond donors (Lipinski definition) is 3. The molecule has 4 heteroatoms. The van der Waals surface area contributed by atoms with Gasteiger partial charge < -0.3 is 10.2 Å². The molecule has 0 bridgehead atoms. The molecule has 0 aliphatic carbocycles. The van der Waals surface area contributed by atoms with Gasteiger partial charge in [0.15, 0.2) is 0 Å². The Morgan fingerprint density at radius 2 is 1.82 bits per heavy atom. The summed E-state index contributed by atoms with van der Waals surface area (Å²) in [4.78, 5) is 2.52. The molecular formula is C24H34N2O2. The van der Waals surface area contributed by atoms with Gasteiger partial charge in [-0.05, 0) is 86.5 Å². The molecule has 2 unspecified atom stereocenters. The number of phenolic OH excluding ortho intramolecular Hbond substituents is 1. The predicted octanol–water partition coefficient (Wildman–Crippen LogP) is 4.26. The van der Waals surface area contributed by atoms with Crippen molar-refractivity contribution in [2.45, 2.75) is 65.8 Å². The minimum Gasteiger partial charge on any atom is -0.508 e. The summed E-state index contributed by atoms with van der Waals surface area (Å²) in [5.41, 5.74) is 6.79. The van der Waals surface area contributed by atoms with Gasteiger partial charge in [-0.1, -0.05) is 30.7 Å². The normalized spacial score (nSPS) is 19.0. The molecule has 1 aliphatic heterocycles. The van der Waals surface area contributed by atoms with Crippen LogP contribution >= 0.6 is 0 Å². The maximum atomic E-state index is 10.6. The molecule has 4 nitrogen and oxygen atoms in total. The molecule has 0 amide bonds. The second-order valence-electron chi connectivity index (χ2n) is 8.27. The lowest BCUT2D eigenvalue weighted by Crippen LogP contribution is -2.45. The van der Waals surface area contributed by atoms with Crippen LogP contribution in [-0.4, -0.2) is 34.2 Å². The summed E-state index contributed by atoms with van der Waals surface area (Å²) in [5.74, 6) is 0.370. The molecule has 3 rings (SSSR count). The first-order valence-corrected chi connectivity index (χ1v) is 10.4. The fourth-order valence-electron chi connectivity index (χ4n) is 4.05. The average Bonchev–Trinajstić information content (AvgIpc) is 2.69. The van der Waals surface area contributed by atoms with Gasteiger partial charge in [0, 0.05) is 19.1 Å². The summed E-state index contributed by atoms with van der Waals surface area (Å²) in [6, 6.07) is 10.4. The van der Waals surface area contributed by atoms with E-state index in [1.807, 2.05) is 19.1 Å². The summed E-state index contributed by atoms with van der Waals surface area (Å²) in [5, 5.41) is 23.9. The van der Waals surface area contributed by atoms with Crippen LogP contribution in [0.1, 0.15) is 58.9 Å². The van der Waals surface area contributed by atoms with Crippen LogP contribution in [0.4, 0.5) is 0 Å². The molecule has 1 aliphatic rings. The van der Waals surface area contributed by atoms with Gasteiger partial charge in [-0.15, -0.1) is 0 Å². The van der Waals surface area contributed by atoms with E-state index in [1.54, 1.807) is 6.07 Å². The first-order valence-electron chi connectivity index (χ1n) is 10.4. The third kappa shape index (κ3) is 4.75. The summed E-state index contributed by atoms with van der Waals surface area (Å²) in [6.07, 6.45) is 2.95. The molecule has 28 heavy (non-hydrogen) atoms. The van der Waals surface area contributed by atoms with E-state index in [1.165, 1.54) is 35.1 Å². The lowest BCUT2D eigenvalue weighted by atomic mass is 9.97. The van der Waals surface area contributed by atoms with E-state index in [9.17, 15) is 10.2 Å². The highest BCUT2D eigenvalue weighted by Gasteiger charge is 2.24. The zero-order valence-corrected chi connectivity index (χ0v) is 17.6. The van der Waals surface area contributed by atoms with Gasteiger partial charge in [-0.3, -0.25) is 10.2 Å². The van der Waals surface area contributed by atoms with Gasteiger partial charge in [-0.2, -0.15) is 0 Å². The van der Waals surface area contributed by atoms with Crippen molar-refractivity contribution in [3.63, 3.8) is 0 Å².